The Balaban J connectivity index is 1.48. The van der Waals surface area contributed by atoms with Gasteiger partial charge in [-0.3, -0.25) is 10.00 Å². The number of hydrogen-bond acceptors (Lipinski definition) is 3. The zero-order valence-corrected chi connectivity index (χ0v) is 11.6. The largest absolute Gasteiger partial charge is 0.317 e. The summed E-state index contributed by atoms with van der Waals surface area (Å²) in [6.07, 6.45) is 7.73. The van der Waals surface area contributed by atoms with Crippen LogP contribution in [0.1, 0.15) is 48.6 Å². The molecule has 1 aromatic heterocycles. The summed E-state index contributed by atoms with van der Waals surface area (Å²) in [4.78, 5) is 2.73. The van der Waals surface area contributed by atoms with Crippen molar-refractivity contribution in [2.24, 2.45) is 0 Å². The van der Waals surface area contributed by atoms with E-state index in [1.54, 1.807) is 5.56 Å². The van der Waals surface area contributed by atoms with Crippen LogP contribution in [0.15, 0.2) is 0 Å². The second-order valence-electron chi connectivity index (χ2n) is 6.36. The lowest BCUT2D eigenvalue weighted by Gasteiger charge is -2.33. The lowest BCUT2D eigenvalue weighted by Crippen LogP contribution is -2.44. The number of nitrogens with one attached hydrogen (secondary N) is 2. The zero-order valence-electron chi connectivity index (χ0n) is 11.6. The Hall–Kier alpha value is -0.870. The highest BCUT2D eigenvalue weighted by molar-refractivity contribution is 5.32. The lowest BCUT2D eigenvalue weighted by atomic mass is 10.0. The molecule has 1 saturated carbocycles. The van der Waals surface area contributed by atoms with Gasteiger partial charge in [0.15, 0.2) is 0 Å². The van der Waals surface area contributed by atoms with Crippen LogP contribution in [-0.2, 0) is 12.8 Å². The van der Waals surface area contributed by atoms with Crippen LogP contribution in [0.3, 0.4) is 0 Å². The molecule has 0 bridgehead atoms. The van der Waals surface area contributed by atoms with Gasteiger partial charge >= 0.3 is 0 Å². The molecular weight excluding hydrogens is 236 g/mol. The van der Waals surface area contributed by atoms with E-state index in [0.29, 0.717) is 0 Å². The highest BCUT2D eigenvalue weighted by Gasteiger charge is 2.32. The lowest BCUT2D eigenvalue weighted by molar-refractivity contribution is 0.169. The second kappa shape index (κ2) is 4.91. The van der Waals surface area contributed by atoms with Crippen molar-refractivity contribution >= 4 is 0 Å². The van der Waals surface area contributed by atoms with Gasteiger partial charge in [-0.25, -0.2) is 0 Å². The Morgan fingerprint density at radius 3 is 2.58 bits per heavy atom. The van der Waals surface area contributed by atoms with E-state index in [0.717, 1.165) is 12.0 Å². The topological polar surface area (TPSA) is 44.0 Å². The van der Waals surface area contributed by atoms with Crippen molar-refractivity contribution in [2.45, 2.75) is 50.5 Å². The molecular formula is C15H24N4. The van der Waals surface area contributed by atoms with Gasteiger partial charge in [-0.05, 0) is 50.8 Å². The summed E-state index contributed by atoms with van der Waals surface area (Å²) in [5.74, 6) is 0.783. The van der Waals surface area contributed by atoms with E-state index >= 15 is 0 Å². The molecule has 104 valence electrons. The van der Waals surface area contributed by atoms with Crippen molar-refractivity contribution < 1.29 is 0 Å². The van der Waals surface area contributed by atoms with E-state index < -0.39 is 0 Å². The third-order valence-electron chi connectivity index (χ3n) is 5.07. The summed E-state index contributed by atoms with van der Waals surface area (Å²) in [5.41, 5.74) is 4.40. The third-order valence-corrected chi connectivity index (χ3v) is 5.07. The average Bonchev–Trinajstić information content (AvgIpc) is 3.26. The highest BCUT2D eigenvalue weighted by Crippen LogP contribution is 2.41. The summed E-state index contributed by atoms with van der Waals surface area (Å²) >= 11 is 0. The van der Waals surface area contributed by atoms with Crippen molar-refractivity contribution in [1.29, 1.82) is 0 Å². The molecule has 4 rings (SSSR count). The van der Waals surface area contributed by atoms with Crippen LogP contribution in [0.4, 0.5) is 0 Å². The van der Waals surface area contributed by atoms with Crippen molar-refractivity contribution in [3.63, 3.8) is 0 Å². The van der Waals surface area contributed by atoms with Crippen molar-refractivity contribution in [2.75, 3.05) is 26.2 Å². The SMILES string of the molecule is C1CC(N2CCc3[nH]nc(C4CC4)c3CC2)CCN1. The summed E-state index contributed by atoms with van der Waals surface area (Å²) < 4.78 is 0. The fourth-order valence-corrected chi connectivity index (χ4v) is 3.76. The van der Waals surface area contributed by atoms with Crippen molar-refractivity contribution in [1.82, 2.24) is 20.4 Å². The molecule has 2 N–H and O–H groups in total. The van der Waals surface area contributed by atoms with E-state index in [9.17, 15) is 0 Å². The molecule has 0 radical (unpaired) electrons. The molecule has 4 heteroatoms. The fraction of sp³-hybridized carbons (Fsp3) is 0.800. The normalized spacial score (nSPS) is 26.1. The highest BCUT2D eigenvalue weighted by atomic mass is 15.2. The molecule has 1 aromatic rings. The summed E-state index contributed by atoms with van der Waals surface area (Å²) in [7, 11) is 0. The van der Waals surface area contributed by atoms with Gasteiger partial charge in [0, 0.05) is 37.2 Å². The van der Waals surface area contributed by atoms with Gasteiger partial charge in [-0.2, -0.15) is 5.10 Å². The van der Waals surface area contributed by atoms with Gasteiger partial charge in [0.2, 0.25) is 0 Å². The molecule has 2 aliphatic heterocycles. The number of rotatable bonds is 2. The zero-order chi connectivity index (χ0) is 12.7. The number of piperidine rings is 1. The number of aromatic nitrogens is 2. The molecule has 0 spiro atoms. The Morgan fingerprint density at radius 1 is 1.00 bits per heavy atom. The molecule has 1 aliphatic carbocycles. The van der Waals surface area contributed by atoms with Crippen LogP contribution in [0.5, 0.6) is 0 Å². The van der Waals surface area contributed by atoms with Crippen molar-refractivity contribution in [3.05, 3.63) is 17.0 Å². The minimum Gasteiger partial charge on any atom is -0.317 e. The first-order valence-electron chi connectivity index (χ1n) is 7.92. The molecule has 0 atom stereocenters. The Kier molecular flexibility index (Phi) is 3.08. The average molecular weight is 260 g/mol. The molecule has 3 heterocycles. The maximum Gasteiger partial charge on any atom is 0.0688 e. The minimum atomic E-state index is 0.783. The van der Waals surface area contributed by atoms with E-state index in [-0.39, 0.29) is 0 Å². The Bertz CT molecular complexity index is 443. The van der Waals surface area contributed by atoms with Gasteiger partial charge in [-0.15, -0.1) is 0 Å². The second-order valence-corrected chi connectivity index (χ2v) is 6.36. The number of hydrogen-bond donors (Lipinski definition) is 2. The summed E-state index contributed by atoms with van der Waals surface area (Å²) in [5, 5.41) is 11.4. The van der Waals surface area contributed by atoms with E-state index in [2.05, 4.69) is 20.4 Å². The molecule has 19 heavy (non-hydrogen) atoms. The smallest absolute Gasteiger partial charge is 0.0688 e. The van der Waals surface area contributed by atoms with Crippen LogP contribution in [0.2, 0.25) is 0 Å². The molecule has 1 saturated heterocycles. The van der Waals surface area contributed by atoms with Crippen molar-refractivity contribution in [3.8, 4) is 0 Å². The predicted octanol–water partition coefficient (Wildman–Crippen LogP) is 1.44. The van der Waals surface area contributed by atoms with E-state index in [4.69, 9.17) is 0 Å². The third kappa shape index (κ3) is 2.32. The first kappa shape index (κ1) is 11.9. The molecule has 0 aromatic carbocycles. The van der Waals surface area contributed by atoms with Gasteiger partial charge in [-0.1, -0.05) is 0 Å². The molecule has 4 nitrogen and oxygen atoms in total. The molecule has 3 aliphatic rings. The first-order valence-corrected chi connectivity index (χ1v) is 7.92. The quantitative estimate of drug-likeness (QED) is 0.845. The Labute approximate surface area is 115 Å². The van der Waals surface area contributed by atoms with Crippen LogP contribution in [0, 0.1) is 0 Å². The predicted molar refractivity (Wildman–Crippen MR) is 75.4 cm³/mol. The first-order chi connectivity index (χ1) is 9.42. The number of aromatic amines is 1. The number of nitrogens with zero attached hydrogens (tertiary/aromatic N) is 2. The van der Waals surface area contributed by atoms with Gasteiger partial charge in [0.25, 0.3) is 0 Å². The van der Waals surface area contributed by atoms with Crippen LogP contribution < -0.4 is 5.32 Å². The van der Waals surface area contributed by atoms with Gasteiger partial charge in [0.1, 0.15) is 0 Å². The Morgan fingerprint density at radius 2 is 1.79 bits per heavy atom. The maximum atomic E-state index is 4.59. The summed E-state index contributed by atoms with van der Waals surface area (Å²) in [6, 6.07) is 0.808. The van der Waals surface area contributed by atoms with E-state index in [1.807, 2.05) is 0 Å². The van der Waals surface area contributed by atoms with Crippen LogP contribution in [0.25, 0.3) is 0 Å². The number of H-pyrrole nitrogens is 1. The standard InChI is InChI=1S/C15H24N4/c1-2-11(1)15-13-5-9-19(10-6-14(13)17-18-15)12-3-7-16-8-4-12/h11-12,16H,1-10H2,(H,17,18). The molecule has 0 unspecified atom stereocenters. The summed E-state index contributed by atoms with van der Waals surface area (Å²) in [6.45, 7) is 4.84. The number of fused-ring (bicyclic) bond motifs is 1. The van der Waals surface area contributed by atoms with Crippen LogP contribution in [-0.4, -0.2) is 47.3 Å². The monoisotopic (exact) mass is 260 g/mol. The van der Waals surface area contributed by atoms with Gasteiger partial charge < -0.3 is 5.32 Å². The van der Waals surface area contributed by atoms with Crippen LogP contribution >= 0.6 is 0 Å². The van der Waals surface area contributed by atoms with Gasteiger partial charge in [0.05, 0.1) is 5.69 Å². The molecule has 2 fully saturated rings. The molecule has 0 amide bonds. The fourth-order valence-electron chi connectivity index (χ4n) is 3.76. The maximum absolute atomic E-state index is 4.59. The van der Waals surface area contributed by atoms with E-state index in [1.165, 1.54) is 76.1 Å². The minimum absolute atomic E-state index is 0.783.